The molecule has 2 aromatic carbocycles. The van der Waals surface area contributed by atoms with Crippen molar-refractivity contribution in [3.8, 4) is 5.82 Å². The standard InChI is InChI=1S/C21H15N3/c1-14-8-9-15-10-12-23-21(18(15)13-14)24-19-7-3-2-5-16(19)17-6-4-11-22-20(17)24/h2-13H,1H3. The van der Waals surface area contributed by atoms with Gasteiger partial charge in [0.2, 0.25) is 0 Å². The number of hydrogen-bond acceptors (Lipinski definition) is 2. The fraction of sp³-hybridized carbons (Fsp3) is 0.0476. The lowest BCUT2D eigenvalue weighted by Gasteiger charge is -2.10. The number of pyridine rings is 2. The van der Waals surface area contributed by atoms with Crippen molar-refractivity contribution in [2.75, 3.05) is 0 Å². The lowest BCUT2D eigenvalue weighted by atomic mass is 10.1. The summed E-state index contributed by atoms with van der Waals surface area (Å²) in [6.45, 7) is 2.11. The van der Waals surface area contributed by atoms with Gasteiger partial charge in [0.15, 0.2) is 0 Å². The molecular weight excluding hydrogens is 294 g/mol. The van der Waals surface area contributed by atoms with Gasteiger partial charge in [-0.25, -0.2) is 9.97 Å². The van der Waals surface area contributed by atoms with Gasteiger partial charge in [0.05, 0.1) is 5.52 Å². The highest BCUT2D eigenvalue weighted by atomic mass is 15.1. The highest BCUT2D eigenvalue weighted by Crippen LogP contribution is 2.32. The lowest BCUT2D eigenvalue weighted by Crippen LogP contribution is -1.99. The van der Waals surface area contributed by atoms with Crippen molar-refractivity contribution in [2.45, 2.75) is 6.92 Å². The molecule has 5 aromatic rings. The summed E-state index contributed by atoms with van der Waals surface area (Å²) in [5.41, 5.74) is 3.30. The van der Waals surface area contributed by atoms with Crippen LogP contribution in [0.1, 0.15) is 5.56 Å². The SMILES string of the molecule is Cc1ccc2ccnc(-n3c4ccccc4c4cccnc43)c2c1. The molecular formula is C21H15N3. The minimum Gasteiger partial charge on any atom is -0.277 e. The zero-order chi connectivity index (χ0) is 16.1. The van der Waals surface area contributed by atoms with Crippen LogP contribution in [0.15, 0.2) is 73.1 Å². The molecule has 114 valence electrons. The molecule has 0 spiro atoms. The number of nitrogens with zero attached hydrogens (tertiary/aromatic N) is 3. The summed E-state index contributed by atoms with van der Waals surface area (Å²) in [5.74, 6) is 0.932. The third-order valence-electron chi connectivity index (χ3n) is 4.55. The smallest absolute Gasteiger partial charge is 0.146 e. The topological polar surface area (TPSA) is 30.7 Å². The Hall–Kier alpha value is -3.20. The van der Waals surface area contributed by atoms with E-state index in [1.807, 2.05) is 18.5 Å². The van der Waals surface area contributed by atoms with Crippen molar-refractivity contribution >= 4 is 32.7 Å². The van der Waals surface area contributed by atoms with Gasteiger partial charge < -0.3 is 0 Å². The second-order valence-corrected chi connectivity index (χ2v) is 6.09. The van der Waals surface area contributed by atoms with Crippen molar-refractivity contribution in [2.24, 2.45) is 0 Å². The number of rotatable bonds is 1. The van der Waals surface area contributed by atoms with Gasteiger partial charge in [-0.05, 0) is 42.6 Å². The van der Waals surface area contributed by atoms with E-state index in [0.717, 1.165) is 27.8 Å². The van der Waals surface area contributed by atoms with Crippen molar-refractivity contribution in [3.05, 3.63) is 78.6 Å². The molecule has 0 saturated heterocycles. The Morgan fingerprint density at radius 2 is 1.62 bits per heavy atom. The molecule has 0 bridgehead atoms. The number of hydrogen-bond donors (Lipinski definition) is 0. The third-order valence-corrected chi connectivity index (χ3v) is 4.55. The maximum atomic E-state index is 4.71. The maximum Gasteiger partial charge on any atom is 0.146 e. The van der Waals surface area contributed by atoms with Gasteiger partial charge in [-0.2, -0.15) is 0 Å². The fourth-order valence-corrected chi connectivity index (χ4v) is 3.46. The molecule has 0 aliphatic carbocycles. The van der Waals surface area contributed by atoms with Gasteiger partial charge in [-0.1, -0.05) is 35.9 Å². The quantitative estimate of drug-likeness (QED) is 0.434. The Bertz CT molecular complexity index is 1160. The van der Waals surface area contributed by atoms with E-state index in [0.29, 0.717) is 0 Å². The van der Waals surface area contributed by atoms with Crippen LogP contribution in [0.2, 0.25) is 0 Å². The average Bonchev–Trinajstić information content (AvgIpc) is 2.96. The Kier molecular flexibility index (Phi) is 2.71. The Morgan fingerprint density at radius 1 is 0.750 bits per heavy atom. The van der Waals surface area contributed by atoms with Crippen molar-refractivity contribution < 1.29 is 0 Å². The number of aryl methyl sites for hydroxylation is 1. The zero-order valence-corrected chi connectivity index (χ0v) is 13.3. The first-order chi connectivity index (χ1) is 11.8. The minimum atomic E-state index is 0.932. The number of para-hydroxylation sites is 1. The molecule has 0 N–H and O–H groups in total. The van der Waals surface area contributed by atoms with Gasteiger partial charge in [-0.3, -0.25) is 4.57 Å². The van der Waals surface area contributed by atoms with Gasteiger partial charge in [0.25, 0.3) is 0 Å². The van der Waals surface area contributed by atoms with E-state index < -0.39 is 0 Å². The molecule has 24 heavy (non-hydrogen) atoms. The van der Waals surface area contributed by atoms with E-state index in [9.17, 15) is 0 Å². The van der Waals surface area contributed by atoms with Crippen LogP contribution in [0.3, 0.4) is 0 Å². The van der Waals surface area contributed by atoms with Gasteiger partial charge in [0.1, 0.15) is 11.5 Å². The molecule has 0 aliphatic heterocycles. The van der Waals surface area contributed by atoms with E-state index in [-0.39, 0.29) is 0 Å². The average molecular weight is 309 g/mol. The third kappa shape index (κ3) is 1.78. The Balaban J connectivity index is 2.01. The fourth-order valence-electron chi connectivity index (χ4n) is 3.46. The minimum absolute atomic E-state index is 0.932. The number of aromatic nitrogens is 3. The van der Waals surface area contributed by atoms with Crippen molar-refractivity contribution in [1.82, 2.24) is 14.5 Å². The lowest BCUT2D eigenvalue weighted by molar-refractivity contribution is 1.07. The predicted octanol–water partition coefficient (Wildman–Crippen LogP) is 5.04. The van der Waals surface area contributed by atoms with Gasteiger partial charge >= 0.3 is 0 Å². The predicted molar refractivity (Wildman–Crippen MR) is 98.6 cm³/mol. The summed E-state index contributed by atoms with van der Waals surface area (Å²) >= 11 is 0. The van der Waals surface area contributed by atoms with Crippen LogP contribution in [-0.2, 0) is 0 Å². The van der Waals surface area contributed by atoms with E-state index >= 15 is 0 Å². The number of benzene rings is 2. The first-order valence-corrected chi connectivity index (χ1v) is 8.03. The van der Waals surface area contributed by atoms with Crippen LogP contribution >= 0.6 is 0 Å². The van der Waals surface area contributed by atoms with E-state index in [1.165, 1.54) is 16.3 Å². The molecule has 5 rings (SSSR count). The van der Waals surface area contributed by atoms with Crippen LogP contribution < -0.4 is 0 Å². The normalized spacial score (nSPS) is 11.5. The second-order valence-electron chi connectivity index (χ2n) is 6.09. The molecule has 3 heteroatoms. The highest BCUT2D eigenvalue weighted by Gasteiger charge is 2.15. The van der Waals surface area contributed by atoms with Crippen LogP contribution in [0, 0.1) is 6.92 Å². The largest absolute Gasteiger partial charge is 0.277 e. The van der Waals surface area contributed by atoms with Gasteiger partial charge in [-0.15, -0.1) is 0 Å². The monoisotopic (exact) mass is 309 g/mol. The zero-order valence-electron chi connectivity index (χ0n) is 13.3. The maximum absolute atomic E-state index is 4.71. The Labute approximate surface area is 139 Å². The van der Waals surface area contributed by atoms with Crippen molar-refractivity contribution in [3.63, 3.8) is 0 Å². The molecule has 0 radical (unpaired) electrons. The molecule has 3 nitrogen and oxygen atoms in total. The highest BCUT2D eigenvalue weighted by molar-refractivity contribution is 6.08. The molecule has 0 amide bonds. The summed E-state index contributed by atoms with van der Waals surface area (Å²) in [7, 11) is 0. The molecule has 0 fully saturated rings. The van der Waals surface area contributed by atoms with E-state index in [4.69, 9.17) is 4.98 Å². The van der Waals surface area contributed by atoms with E-state index in [1.54, 1.807) is 0 Å². The summed E-state index contributed by atoms with van der Waals surface area (Å²) in [6, 6.07) is 21.1. The number of fused-ring (bicyclic) bond motifs is 4. The Morgan fingerprint density at radius 3 is 2.58 bits per heavy atom. The van der Waals surface area contributed by atoms with Crippen LogP contribution in [0.5, 0.6) is 0 Å². The molecule has 3 aromatic heterocycles. The summed E-state index contributed by atoms with van der Waals surface area (Å²) < 4.78 is 2.17. The van der Waals surface area contributed by atoms with E-state index in [2.05, 4.69) is 71.1 Å². The first-order valence-electron chi connectivity index (χ1n) is 8.03. The molecule has 0 atom stereocenters. The summed E-state index contributed by atoms with van der Waals surface area (Å²) in [6.07, 6.45) is 3.71. The van der Waals surface area contributed by atoms with Crippen LogP contribution in [0.25, 0.3) is 38.5 Å². The molecule has 0 aliphatic rings. The van der Waals surface area contributed by atoms with Crippen LogP contribution in [0.4, 0.5) is 0 Å². The van der Waals surface area contributed by atoms with Crippen molar-refractivity contribution in [1.29, 1.82) is 0 Å². The molecule has 0 unspecified atom stereocenters. The first kappa shape index (κ1) is 13.3. The molecule has 3 heterocycles. The van der Waals surface area contributed by atoms with Gasteiger partial charge in [0, 0.05) is 28.6 Å². The summed E-state index contributed by atoms with van der Waals surface area (Å²) in [5, 5.41) is 4.69. The van der Waals surface area contributed by atoms with Crippen LogP contribution in [-0.4, -0.2) is 14.5 Å². The summed E-state index contributed by atoms with van der Waals surface area (Å²) in [4.78, 5) is 9.36. The molecule has 0 saturated carbocycles. The second kappa shape index (κ2) is 4.90.